The van der Waals surface area contributed by atoms with Crippen LogP contribution in [-0.4, -0.2) is 48.7 Å². The molecule has 7 nitrogen and oxygen atoms in total. The molecule has 0 radical (unpaired) electrons. The smallest absolute Gasteiger partial charge is 0.356 e. The molecule has 1 saturated carbocycles. The minimum atomic E-state index is -2.30. The standard InChI is InChI=1S/C33H47NO6Si/c1-20(2)34(21(3)4)27(35)26-23(38-29(37)33-19-18-32(10,28(36)39-33)31(33,8)9)17-16-22-14-13-15-24(25(22)26)40-41(11,12)30(5,6)7/h13-17,20-21H,18-19H2,1-12H3/t32-,33+/m0/s1. The highest BCUT2D eigenvalue weighted by atomic mass is 28.4. The van der Waals surface area contributed by atoms with E-state index in [2.05, 4.69) is 33.9 Å². The molecular weight excluding hydrogens is 534 g/mol. The Morgan fingerprint density at radius 2 is 1.56 bits per heavy atom. The molecule has 0 aromatic heterocycles. The molecule has 1 aliphatic carbocycles. The van der Waals surface area contributed by atoms with Gasteiger partial charge in [0.15, 0.2) is 0 Å². The molecule has 1 aliphatic heterocycles. The molecule has 0 spiro atoms. The number of carbonyl (C=O) groups is 3. The second-order valence-electron chi connectivity index (χ2n) is 14.6. The third kappa shape index (κ3) is 4.57. The lowest BCUT2D eigenvalue weighted by molar-refractivity contribution is -0.176. The maximum absolute atomic E-state index is 14.5. The second-order valence-corrected chi connectivity index (χ2v) is 19.3. The molecule has 1 amide bonds. The molecule has 0 N–H and O–H groups in total. The molecule has 2 bridgehead atoms. The summed E-state index contributed by atoms with van der Waals surface area (Å²) >= 11 is 0. The van der Waals surface area contributed by atoms with Crippen molar-refractivity contribution in [2.45, 2.75) is 118 Å². The average molecular weight is 582 g/mol. The van der Waals surface area contributed by atoms with Gasteiger partial charge in [-0.1, -0.05) is 52.8 Å². The summed E-state index contributed by atoms with van der Waals surface area (Å²) in [4.78, 5) is 43.2. The Balaban J connectivity index is 1.93. The van der Waals surface area contributed by atoms with Crippen molar-refractivity contribution < 1.29 is 28.3 Å². The first kappa shape index (κ1) is 31.1. The van der Waals surface area contributed by atoms with Crippen molar-refractivity contribution in [2.75, 3.05) is 0 Å². The quantitative estimate of drug-likeness (QED) is 0.191. The van der Waals surface area contributed by atoms with Crippen LogP contribution in [0.25, 0.3) is 10.8 Å². The topological polar surface area (TPSA) is 82.1 Å². The molecule has 2 aromatic carbocycles. The maximum atomic E-state index is 14.5. The minimum absolute atomic E-state index is 0.0719. The third-order valence-electron chi connectivity index (χ3n) is 10.3. The summed E-state index contributed by atoms with van der Waals surface area (Å²) in [5.41, 5.74) is -2.68. The molecule has 41 heavy (non-hydrogen) atoms. The van der Waals surface area contributed by atoms with E-state index in [9.17, 15) is 14.4 Å². The molecule has 8 heteroatoms. The van der Waals surface area contributed by atoms with Gasteiger partial charge in [-0.05, 0) is 83.1 Å². The number of rotatable bonds is 7. The van der Waals surface area contributed by atoms with Gasteiger partial charge in [-0.25, -0.2) is 4.79 Å². The summed E-state index contributed by atoms with van der Waals surface area (Å²) in [6.07, 6.45) is 0.915. The molecule has 224 valence electrons. The molecule has 2 aromatic rings. The SMILES string of the molecule is CC(C)N(C(=O)c1c(OC(=O)[C@@]23CC[C@@](C)(C(=O)O2)C3(C)C)ccc2cccc(O[Si](C)(C)C(C)(C)C)c12)C(C)C. The van der Waals surface area contributed by atoms with Gasteiger partial charge in [0.25, 0.3) is 14.2 Å². The van der Waals surface area contributed by atoms with E-state index in [4.69, 9.17) is 13.9 Å². The fraction of sp³-hybridized carbons (Fsp3) is 0.606. The van der Waals surface area contributed by atoms with Gasteiger partial charge in [0, 0.05) is 22.9 Å². The number of hydrogen-bond acceptors (Lipinski definition) is 6. The highest BCUT2D eigenvalue weighted by Gasteiger charge is 2.76. The summed E-state index contributed by atoms with van der Waals surface area (Å²) in [6.45, 7) is 24.4. The van der Waals surface area contributed by atoms with Gasteiger partial charge in [-0.2, -0.15) is 0 Å². The van der Waals surface area contributed by atoms with Gasteiger partial charge in [-0.3, -0.25) is 9.59 Å². The minimum Gasteiger partial charge on any atom is -0.543 e. The summed E-state index contributed by atoms with van der Waals surface area (Å²) in [5, 5.41) is 1.36. The fourth-order valence-electron chi connectivity index (χ4n) is 6.22. The van der Waals surface area contributed by atoms with E-state index in [1.165, 1.54) is 0 Å². The Hall–Kier alpha value is -2.87. The Morgan fingerprint density at radius 3 is 2.05 bits per heavy atom. The van der Waals surface area contributed by atoms with Crippen LogP contribution in [-0.2, 0) is 14.3 Å². The van der Waals surface area contributed by atoms with Crippen molar-refractivity contribution >= 4 is 36.9 Å². The van der Waals surface area contributed by atoms with Crippen molar-refractivity contribution in [3.8, 4) is 11.5 Å². The predicted octanol–water partition coefficient (Wildman–Crippen LogP) is 7.51. The maximum Gasteiger partial charge on any atom is 0.356 e. The third-order valence-corrected chi connectivity index (χ3v) is 14.7. The number of nitrogens with zero attached hydrogens (tertiary/aromatic N) is 1. The van der Waals surface area contributed by atoms with Crippen molar-refractivity contribution in [3.63, 3.8) is 0 Å². The number of hydrogen-bond donors (Lipinski definition) is 0. The van der Waals surface area contributed by atoms with Crippen LogP contribution in [0, 0.1) is 10.8 Å². The predicted molar refractivity (Wildman–Crippen MR) is 164 cm³/mol. The number of carbonyl (C=O) groups excluding carboxylic acids is 3. The van der Waals surface area contributed by atoms with Crippen LogP contribution in [0.3, 0.4) is 0 Å². The van der Waals surface area contributed by atoms with E-state index >= 15 is 0 Å². The van der Waals surface area contributed by atoms with Gasteiger partial charge in [0.1, 0.15) is 11.5 Å². The van der Waals surface area contributed by atoms with Crippen LogP contribution in [0.15, 0.2) is 30.3 Å². The highest BCUT2D eigenvalue weighted by molar-refractivity contribution is 6.74. The molecule has 1 heterocycles. The van der Waals surface area contributed by atoms with Gasteiger partial charge in [-0.15, -0.1) is 0 Å². The Kier molecular flexibility index (Phi) is 7.47. The Labute approximate surface area is 246 Å². The van der Waals surface area contributed by atoms with Gasteiger partial charge >= 0.3 is 11.9 Å². The largest absolute Gasteiger partial charge is 0.543 e. The molecule has 1 saturated heterocycles. The van der Waals surface area contributed by atoms with Crippen LogP contribution < -0.4 is 9.16 Å². The van der Waals surface area contributed by atoms with Crippen molar-refractivity contribution in [1.82, 2.24) is 4.90 Å². The summed E-state index contributed by atoms with van der Waals surface area (Å²) in [5.74, 6) is -0.523. The molecule has 0 unspecified atom stereocenters. The zero-order chi connectivity index (χ0) is 30.9. The van der Waals surface area contributed by atoms with Crippen molar-refractivity contribution in [3.05, 3.63) is 35.9 Å². The van der Waals surface area contributed by atoms with Crippen LogP contribution in [0.1, 0.15) is 92.4 Å². The van der Waals surface area contributed by atoms with Crippen LogP contribution in [0.2, 0.25) is 18.1 Å². The van der Waals surface area contributed by atoms with E-state index in [1.807, 2.05) is 72.7 Å². The number of ether oxygens (including phenoxy) is 2. The first-order chi connectivity index (χ1) is 18.7. The lowest BCUT2D eigenvalue weighted by Gasteiger charge is -2.37. The zero-order valence-corrected chi connectivity index (χ0v) is 27.9. The lowest BCUT2D eigenvalue weighted by atomic mass is 9.66. The van der Waals surface area contributed by atoms with Gasteiger partial charge in [0.2, 0.25) is 5.60 Å². The summed E-state index contributed by atoms with van der Waals surface area (Å²) in [6, 6.07) is 9.09. The van der Waals surface area contributed by atoms with E-state index in [0.717, 1.165) is 5.39 Å². The Bertz CT molecular complexity index is 1400. The first-order valence-electron chi connectivity index (χ1n) is 14.7. The zero-order valence-electron chi connectivity index (χ0n) is 26.9. The van der Waals surface area contributed by atoms with Crippen molar-refractivity contribution in [1.29, 1.82) is 0 Å². The average Bonchev–Trinajstić information content (AvgIpc) is 3.13. The molecule has 4 rings (SSSR count). The lowest BCUT2D eigenvalue weighted by Crippen LogP contribution is -2.50. The van der Waals surface area contributed by atoms with Crippen LogP contribution in [0.4, 0.5) is 0 Å². The van der Waals surface area contributed by atoms with Gasteiger partial charge in [0.05, 0.1) is 11.0 Å². The van der Waals surface area contributed by atoms with E-state index in [1.54, 1.807) is 11.0 Å². The monoisotopic (exact) mass is 581 g/mol. The second kappa shape index (κ2) is 9.85. The van der Waals surface area contributed by atoms with E-state index < -0.39 is 30.7 Å². The highest BCUT2D eigenvalue weighted by Crippen LogP contribution is 2.65. The number of fused-ring (bicyclic) bond motifs is 3. The molecule has 2 fully saturated rings. The summed E-state index contributed by atoms with van der Waals surface area (Å²) in [7, 11) is -2.30. The molecule has 2 atom stereocenters. The van der Waals surface area contributed by atoms with E-state index in [0.29, 0.717) is 24.0 Å². The van der Waals surface area contributed by atoms with E-state index in [-0.39, 0.29) is 40.3 Å². The van der Waals surface area contributed by atoms with Gasteiger partial charge < -0.3 is 18.8 Å². The molecule has 2 aliphatic rings. The van der Waals surface area contributed by atoms with Crippen LogP contribution >= 0.6 is 0 Å². The normalized spacial score (nSPS) is 23.7. The number of benzene rings is 2. The molecular formula is C33H47NO6Si. The fourth-order valence-corrected chi connectivity index (χ4v) is 7.24. The summed E-state index contributed by atoms with van der Waals surface area (Å²) < 4.78 is 18.8. The first-order valence-corrected chi connectivity index (χ1v) is 17.7. The number of esters is 2. The van der Waals surface area contributed by atoms with Crippen molar-refractivity contribution in [2.24, 2.45) is 10.8 Å². The number of amides is 1. The van der Waals surface area contributed by atoms with Crippen LogP contribution in [0.5, 0.6) is 11.5 Å². The Morgan fingerprint density at radius 1 is 0.951 bits per heavy atom.